The summed E-state index contributed by atoms with van der Waals surface area (Å²) in [6.07, 6.45) is 4.71. The van der Waals surface area contributed by atoms with Crippen LogP contribution in [0.2, 0.25) is 0 Å². The number of nitrogens with zero attached hydrogens (tertiary/aromatic N) is 3. The van der Waals surface area contributed by atoms with Crippen LogP contribution in [0.25, 0.3) is 16.9 Å². The van der Waals surface area contributed by atoms with E-state index in [9.17, 15) is 4.79 Å². The minimum atomic E-state index is 0.0755. The third-order valence-electron chi connectivity index (χ3n) is 5.02. The van der Waals surface area contributed by atoms with E-state index in [1.165, 1.54) is 0 Å². The lowest BCUT2D eigenvalue weighted by molar-refractivity contribution is -0.00279. The maximum absolute atomic E-state index is 12.9. The Labute approximate surface area is 159 Å². The van der Waals surface area contributed by atoms with Crippen LogP contribution in [0.5, 0.6) is 0 Å². The van der Waals surface area contributed by atoms with E-state index in [1.54, 1.807) is 0 Å². The maximum atomic E-state index is 12.9. The number of rotatable bonds is 4. The third-order valence-corrected chi connectivity index (χ3v) is 5.02. The predicted octanol–water partition coefficient (Wildman–Crippen LogP) is 3.79. The summed E-state index contributed by atoms with van der Waals surface area (Å²) in [5, 5.41) is 0. The first-order valence-corrected chi connectivity index (χ1v) is 9.35. The topological polar surface area (TPSA) is 47.4 Å². The lowest BCUT2D eigenvalue weighted by Gasteiger charge is -2.35. The summed E-state index contributed by atoms with van der Waals surface area (Å²) in [4.78, 5) is 19.3. The Morgan fingerprint density at radius 1 is 1.15 bits per heavy atom. The minimum absolute atomic E-state index is 0.0755. The van der Waals surface area contributed by atoms with Gasteiger partial charge in [0.05, 0.1) is 31.3 Å². The smallest absolute Gasteiger partial charge is 0.254 e. The molecule has 1 atom stereocenters. The second-order valence-corrected chi connectivity index (χ2v) is 6.71. The van der Waals surface area contributed by atoms with Gasteiger partial charge in [-0.3, -0.25) is 4.79 Å². The van der Waals surface area contributed by atoms with Crippen molar-refractivity contribution >= 4 is 5.91 Å². The Morgan fingerprint density at radius 2 is 1.93 bits per heavy atom. The standard InChI is InChI=1S/C22H23N3O2/c1-2-19-15-27-13-12-25(19)22(26)18-10-8-17(9-11-18)21-14-24(16-23-21)20-6-4-3-5-7-20/h3-11,14,16,19H,2,12-13,15H2,1H3/t19-/m0/s1. The van der Waals surface area contributed by atoms with E-state index < -0.39 is 0 Å². The van der Waals surface area contributed by atoms with Gasteiger partial charge in [0.2, 0.25) is 0 Å². The van der Waals surface area contributed by atoms with Crippen LogP contribution in [0.3, 0.4) is 0 Å². The second kappa shape index (κ2) is 7.76. The SMILES string of the molecule is CC[C@H]1COCCN1C(=O)c1ccc(-c2cn(-c3ccccc3)cn2)cc1. The zero-order valence-corrected chi connectivity index (χ0v) is 15.4. The molecule has 1 fully saturated rings. The largest absolute Gasteiger partial charge is 0.377 e. The van der Waals surface area contributed by atoms with E-state index in [2.05, 4.69) is 11.9 Å². The second-order valence-electron chi connectivity index (χ2n) is 6.71. The maximum Gasteiger partial charge on any atom is 0.254 e. The van der Waals surface area contributed by atoms with Crippen LogP contribution in [-0.2, 0) is 4.74 Å². The summed E-state index contributed by atoms with van der Waals surface area (Å²) in [5.74, 6) is 0.0755. The molecule has 0 N–H and O–H groups in total. The number of aromatic nitrogens is 2. The first-order valence-electron chi connectivity index (χ1n) is 9.35. The average molecular weight is 361 g/mol. The molecule has 1 aromatic heterocycles. The average Bonchev–Trinajstić information content (AvgIpc) is 3.24. The summed E-state index contributed by atoms with van der Waals surface area (Å²) in [7, 11) is 0. The van der Waals surface area contributed by atoms with E-state index in [0.29, 0.717) is 25.3 Å². The van der Waals surface area contributed by atoms with Gasteiger partial charge in [-0.25, -0.2) is 4.98 Å². The zero-order valence-electron chi connectivity index (χ0n) is 15.4. The summed E-state index contributed by atoms with van der Waals surface area (Å²) in [5.41, 5.74) is 3.66. The Bertz CT molecular complexity index is 903. The molecule has 1 aliphatic heterocycles. The van der Waals surface area contributed by atoms with Crippen LogP contribution in [0.15, 0.2) is 67.1 Å². The molecule has 0 unspecified atom stereocenters. The van der Waals surface area contributed by atoms with Gasteiger partial charge in [-0.15, -0.1) is 0 Å². The Morgan fingerprint density at radius 3 is 2.67 bits per heavy atom. The quantitative estimate of drug-likeness (QED) is 0.710. The zero-order chi connectivity index (χ0) is 18.6. The van der Waals surface area contributed by atoms with E-state index in [1.807, 2.05) is 76.6 Å². The van der Waals surface area contributed by atoms with Crippen LogP contribution in [-0.4, -0.2) is 46.2 Å². The van der Waals surface area contributed by atoms with Crippen LogP contribution >= 0.6 is 0 Å². The van der Waals surface area contributed by atoms with Crippen molar-refractivity contribution in [3.63, 3.8) is 0 Å². The van der Waals surface area contributed by atoms with Crippen LogP contribution in [0.1, 0.15) is 23.7 Å². The number of morpholine rings is 1. The van der Waals surface area contributed by atoms with Crippen molar-refractivity contribution in [3.8, 4) is 16.9 Å². The molecule has 1 aliphatic rings. The van der Waals surface area contributed by atoms with Crippen molar-refractivity contribution in [2.75, 3.05) is 19.8 Å². The molecule has 2 aromatic carbocycles. The molecule has 0 radical (unpaired) electrons. The number of imidazole rings is 1. The fourth-order valence-corrected chi connectivity index (χ4v) is 3.42. The van der Waals surface area contributed by atoms with Crippen molar-refractivity contribution < 1.29 is 9.53 Å². The molecule has 1 saturated heterocycles. The number of ether oxygens (including phenoxy) is 1. The number of carbonyl (C=O) groups excluding carboxylic acids is 1. The monoisotopic (exact) mass is 361 g/mol. The molecule has 27 heavy (non-hydrogen) atoms. The molecule has 1 amide bonds. The van der Waals surface area contributed by atoms with Gasteiger partial charge in [0, 0.05) is 29.6 Å². The van der Waals surface area contributed by atoms with Crippen LogP contribution < -0.4 is 0 Å². The molecule has 4 rings (SSSR count). The Hall–Kier alpha value is -2.92. The highest BCUT2D eigenvalue weighted by atomic mass is 16.5. The van der Waals surface area contributed by atoms with Gasteiger partial charge < -0.3 is 14.2 Å². The number of hydrogen-bond donors (Lipinski definition) is 0. The fraction of sp³-hybridized carbons (Fsp3) is 0.273. The first-order chi connectivity index (χ1) is 13.3. The molecule has 0 spiro atoms. The summed E-state index contributed by atoms with van der Waals surface area (Å²) in [6, 6.07) is 18.0. The van der Waals surface area contributed by atoms with Crippen molar-refractivity contribution in [3.05, 3.63) is 72.7 Å². The first kappa shape index (κ1) is 17.5. The minimum Gasteiger partial charge on any atom is -0.377 e. The summed E-state index contributed by atoms with van der Waals surface area (Å²) in [6.45, 7) is 3.97. The van der Waals surface area contributed by atoms with Gasteiger partial charge in [0.1, 0.15) is 0 Å². The van der Waals surface area contributed by atoms with Crippen LogP contribution in [0, 0.1) is 0 Å². The molecule has 0 bridgehead atoms. The number of amides is 1. The summed E-state index contributed by atoms with van der Waals surface area (Å²) < 4.78 is 7.49. The highest BCUT2D eigenvalue weighted by Crippen LogP contribution is 2.21. The number of hydrogen-bond acceptors (Lipinski definition) is 3. The molecule has 0 aliphatic carbocycles. The Balaban J connectivity index is 1.52. The van der Waals surface area contributed by atoms with Crippen molar-refractivity contribution in [1.29, 1.82) is 0 Å². The predicted molar refractivity (Wildman–Crippen MR) is 105 cm³/mol. The fourth-order valence-electron chi connectivity index (χ4n) is 3.42. The van der Waals surface area contributed by atoms with Gasteiger partial charge >= 0.3 is 0 Å². The van der Waals surface area contributed by atoms with Crippen molar-refractivity contribution in [2.45, 2.75) is 19.4 Å². The highest BCUT2D eigenvalue weighted by molar-refractivity contribution is 5.95. The number of benzene rings is 2. The van der Waals surface area contributed by atoms with E-state index in [4.69, 9.17) is 4.74 Å². The molecule has 3 aromatic rings. The van der Waals surface area contributed by atoms with E-state index >= 15 is 0 Å². The van der Waals surface area contributed by atoms with Gasteiger partial charge in [-0.2, -0.15) is 0 Å². The van der Waals surface area contributed by atoms with Gasteiger partial charge in [-0.05, 0) is 30.7 Å². The van der Waals surface area contributed by atoms with Gasteiger partial charge in [0.15, 0.2) is 0 Å². The van der Waals surface area contributed by atoms with E-state index in [0.717, 1.165) is 23.4 Å². The molecule has 5 nitrogen and oxygen atoms in total. The van der Waals surface area contributed by atoms with E-state index in [-0.39, 0.29) is 11.9 Å². The van der Waals surface area contributed by atoms with Crippen molar-refractivity contribution in [1.82, 2.24) is 14.5 Å². The molecule has 0 saturated carbocycles. The lowest BCUT2D eigenvalue weighted by atomic mass is 10.1. The lowest BCUT2D eigenvalue weighted by Crippen LogP contribution is -2.48. The molecular weight excluding hydrogens is 338 g/mol. The van der Waals surface area contributed by atoms with Gasteiger partial charge in [-0.1, -0.05) is 37.3 Å². The molecule has 5 heteroatoms. The summed E-state index contributed by atoms with van der Waals surface area (Å²) >= 11 is 0. The third kappa shape index (κ3) is 3.64. The Kier molecular flexibility index (Phi) is 5.03. The highest BCUT2D eigenvalue weighted by Gasteiger charge is 2.26. The number of carbonyl (C=O) groups is 1. The van der Waals surface area contributed by atoms with Crippen LogP contribution in [0.4, 0.5) is 0 Å². The number of para-hydroxylation sites is 1. The van der Waals surface area contributed by atoms with Gasteiger partial charge in [0.25, 0.3) is 5.91 Å². The molecule has 2 heterocycles. The molecular formula is C22H23N3O2. The normalized spacial score (nSPS) is 17.1. The van der Waals surface area contributed by atoms with Crippen molar-refractivity contribution in [2.24, 2.45) is 0 Å². The molecule has 138 valence electrons.